The maximum Gasteiger partial charge on any atom is 0.171 e. The van der Waals surface area contributed by atoms with E-state index < -0.39 is 0 Å². The van der Waals surface area contributed by atoms with Gasteiger partial charge in [-0.3, -0.25) is 4.79 Å². The first-order chi connectivity index (χ1) is 9.16. The lowest BCUT2D eigenvalue weighted by molar-refractivity contribution is 0.0960. The highest BCUT2D eigenvalue weighted by molar-refractivity contribution is 6.36. The van der Waals surface area contributed by atoms with Crippen LogP contribution in [0.25, 0.3) is 0 Å². The molecule has 96 valence electrons. The molecule has 0 aromatic heterocycles. The Bertz CT molecular complexity index is 649. The van der Waals surface area contributed by atoms with Crippen molar-refractivity contribution in [3.05, 3.63) is 69.2 Å². The molecule has 1 unspecified atom stereocenters. The van der Waals surface area contributed by atoms with Crippen LogP contribution in [0.2, 0.25) is 10.0 Å². The first kappa shape index (κ1) is 12.7. The van der Waals surface area contributed by atoms with E-state index in [1.54, 1.807) is 18.2 Å². The summed E-state index contributed by atoms with van der Waals surface area (Å²) in [6, 6.07) is 13.1. The zero-order chi connectivity index (χ0) is 13.4. The fraction of sp³-hybridized carbons (Fsp3) is 0.188. The Hall–Kier alpha value is -1.31. The van der Waals surface area contributed by atoms with Crippen LogP contribution in [0.5, 0.6) is 0 Å². The second kappa shape index (κ2) is 4.99. The molecule has 2 aromatic carbocycles. The minimum absolute atomic E-state index is 0.0671. The minimum Gasteiger partial charge on any atom is -0.293 e. The largest absolute Gasteiger partial charge is 0.293 e. The van der Waals surface area contributed by atoms with Crippen LogP contribution in [0.3, 0.4) is 0 Å². The Kier molecular flexibility index (Phi) is 3.34. The molecule has 0 radical (unpaired) electrons. The first-order valence-electron chi connectivity index (χ1n) is 6.24. The van der Waals surface area contributed by atoms with E-state index in [9.17, 15) is 4.79 Å². The molecule has 2 aromatic rings. The summed E-state index contributed by atoms with van der Waals surface area (Å²) in [5.74, 6) is -0.0235. The van der Waals surface area contributed by atoms with Crippen molar-refractivity contribution in [1.29, 1.82) is 0 Å². The summed E-state index contributed by atoms with van der Waals surface area (Å²) in [6.07, 6.45) is 1.80. The van der Waals surface area contributed by atoms with Crippen molar-refractivity contribution in [2.24, 2.45) is 0 Å². The van der Waals surface area contributed by atoms with Crippen molar-refractivity contribution in [2.45, 2.75) is 18.8 Å². The Morgan fingerprint density at radius 3 is 2.74 bits per heavy atom. The lowest BCUT2D eigenvalue weighted by Crippen LogP contribution is -2.10. The van der Waals surface area contributed by atoms with E-state index >= 15 is 0 Å². The van der Waals surface area contributed by atoms with Crippen molar-refractivity contribution < 1.29 is 4.79 Å². The van der Waals surface area contributed by atoms with Gasteiger partial charge in [-0.05, 0) is 42.2 Å². The third-order valence-electron chi connectivity index (χ3n) is 3.64. The molecule has 3 rings (SSSR count). The number of ketones is 1. The molecule has 1 aliphatic rings. The lowest BCUT2D eigenvalue weighted by atomic mass is 9.92. The fourth-order valence-corrected chi connectivity index (χ4v) is 3.09. The van der Waals surface area contributed by atoms with Crippen molar-refractivity contribution in [3.63, 3.8) is 0 Å². The average molecular weight is 291 g/mol. The maximum atomic E-state index is 12.6. The normalized spacial score (nSPS) is 17.3. The molecule has 3 heteroatoms. The van der Waals surface area contributed by atoms with Gasteiger partial charge in [-0.2, -0.15) is 0 Å². The third kappa shape index (κ3) is 2.29. The quantitative estimate of drug-likeness (QED) is 0.719. The van der Waals surface area contributed by atoms with E-state index in [1.807, 2.05) is 18.2 Å². The number of hydrogen-bond donors (Lipinski definition) is 0. The van der Waals surface area contributed by atoms with Gasteiger partial charge < -0.3 is 0 Å². The molecule has 0 saturated heterocycles. The zero-order valence-corrected chi connectivity index (χ0v) is 11.7. The zero-order valence-electron chi connectivity index (χ0n) is 10.2. The van der Waals surface area contributed by atoms with Gasteiger partial charge in [-0.1, -0.05) is 47.5 Å². The maximum absolute atomic E-state index is 12.6. The van der Waals surface area contributed by atoms with Crippen molar-refractivity contribution in [3.8, 4) is 0 Å². The molecule has 0 saturated carbocycles. The molecule has 19 heavy (non-hydrogen) atoms. The Morgan fingerprint density at radius 1 is 1.11 bits per heavy atom. The highest BCUT2D eigenvalue weighted by atomic mass is 35.5. The van der Waals surface area contributed by atoms with Crippen LogP contribution >= 0.6 is 23.2 Å². The van der Waals surface area contributed by atoms with Crippen LogP contribution in [0.15, 0.2) is 42.5 Å². The Labute approximate surface area is 122 Å². The van der Waals surface area contributed by atoms with Crippen LogP contribution in [-0.4, -0.2) is 5.78 Å². The summed E-state index contributed by atoms with van der Waals surface area (Å²) in [6.45, 7) is 0. The number of Topliss-reactive ketones (excluding diaryl/α,β-unsaturated/α-hetero) is 1. The van der Waals surface area contributed by atoms with Gasteiger partial charge >= 0.3 is 0 Å². The highest BCUT2D eigenvalue weighted by Crippen LogP contribution is 2.37. The van der Waals surface area contributed by atoms with Crippen LogP contribution in [0.1, 0.15) is 33.8 Å². The predicted octanol–water partition coefficient (Wildman–Crippen LogP) is 4.91. The van der Waals surface area contributed by atoms with E-state index in [-0.39, 0.29) is 11.7 Å². The van der Waals surface area contributed by atoms with Gasteiger partial charge in [0.2, 0.25) is 0 Å². The molecule has 1 aliphatic carbocycles. The van der Waals surface area contributed by atoms with Gasteiger partial charge in [-0.15, -0.1) is 0 Å². The summed E-state index contributed by atoms with van der Waals surface area (Å²) in [7, 11) is 0. The fourth-order valence-electron chi connectivity index (χ4n) is 2.70. The molecule has 0 bridgehead atoms. The summed E-state index contributed by atoms with van der Waals surface area (Å²) < 4.78 is 0. The molecule has 1 atom stereocenters. The number of aryl methyl sites for hydroxylation is 1. The summed E-state index contributed by atoms with van der Waals surface area (Å²) in [4.78, 5) is 12.6. The lowest BCUT2D eigenvalue weighted by Gasteiger charge is -2.12. The smallest absolute Gasteiger partial charge is 0.171 e. The second-order valence-corrected chi connectivity index (χ2v) is 5.62. The van der Waals surface area contributed by atoms with Gasteiger partial charge in [0.15, 0.2) is 5.78 Å². The van der Waals surface area contributed by atoms with Crippen LogP contribution < -0.4 is 0 Å². The SMILES string of the molecule is O=C(c1cc(Cl)ccc1Cl)C1CCc2ccccc21. The molecule has 0 spiro atoms. The van der Waals surface area contributed by atoms with Crippen molar-refractivity contribution in [2.75, 3.05) is 0 Å². The Balaban J connectivity index is 2.00. The monoisotopic (exact) mass is 290 g/mol. The van der Waals surface area contributed by atoms with Crippen LogP contribution in [0, 0.1) is 0 Å². The predicted molar refractivity (Wildman–Crippen MR) is 78.3 cm³/mol. The van der Waals surface area contributed by atoms with E-state index in [2.05, 4.69) is 6.07 Å². The molecular formula is C16H12Cl2O. The molecule has 0 heterocycles. The standard InChI is InChI=1S/C16H12Cl2O/c17-11-6-8-15(18)14(9-11)16(19)13-7-5-10-3-1-2-4-12(10)13/h1-4,6,8-9,13H,5,7H2. The number of halogens is 2. The third-order valence-corrected chi connectivity index (χ3v) is 4.21. The number of carbonyl (C=O) groups excluding carboxylic acids is 1. The number of fused-ring (bicyclic) bond motifs is 1. The first-order valence-corrected chi connectivity index (χ1v) is 6.99. The van der Waals surface area contributed by atoms with Gasteiger partial charge in [0, 0.05) is 16.5 Å². The highest BCUT2D eigenvalue weighted by Gasteiger charge is 2.29. The molecule has 0 fully saturated rings. The van der Waals surface area contributed by atoms with Crippen LogP contribution in [0.4, 0.5) is 0 Å². The van der Waals surface area contributed by atoms with Gasteiger partial charge in [0.25, 0.3) is 0 Å². The number of rotatable bonds is 2. The summed E-state index contributed by atoms with van der Waals surface area (Å²) >= 11 is 12.1. The summed E-state index contributed by atoms with van der Waals surface area (Å²) in [5, 5.41) is 1.01. The Morgan fingerprint density at radius 2 is 1.89 bits per heavy atom. The second-order valence-electron chi connectivity index (χ2n) is 4.78. The average Bonchev–Trinajstić information content (AvgIpc) is 2.84. The molecular weight excluding hydrogens is 279 g/mol. The van der Waals surface area contributed by atoms with E-state index in [1.165, 1.54) is 5.56 Å². The number of hydrogen-bond acceptors (Lipinski definition) is 1. The molecule has 1 nitrogen and oxygen atoms in total. The van der Waals surface area contributed by atoms with Crippen molar-refractivity contribution >= 4 is 29.0 Å². The van der Waals surface area contributed by atoms with E-state index in [0.717, 1.165) is 18.4 Å². The van der Waals surface area contributed by atoms with Crippen LogP contribution in [-0.2, 0) is 6.42 Å². The number of benzene rings is 2. The van der Waals surface area contributed by atoms with E-state index in [0.29, 0.717) is 15.6 Å². The topological polar surface area (TPSA) is 17.1 Å². The van der Waals surface area contributed by atoms with Crippen molar-refractivity contribution in [1.82, 2.24) is 0 Å². The number of carbonyl (C=O) groups is 1. The summed E-state index contributed by atoms with van der Waals surface area (Å²) in [5.41, 5.74) is 2.92. The van der Waals surface area contributed by atoms with E-state index in [4.69, 9.17) is 23.2 Å². The molecule has 0 N–H and O–H groups in total. The van der Waals surface area contributed by atoms with Gasteiger partial charge in [0.05, 0.1) is 5.02 Å². The molecule has 0 amide bonds. The van der Waals surface area contributed by atoms with Gasteiger partial charge in [-0.25, -0.2) is 0 Å². The van der Waals surface area contributed by atoms with Gasteiger partial charge in [0.1, 0.15) is 0 Å². The molecule has 0 aliphatic heterocycles. The minimum atomic E-state index is -0.0906.